The molecule has 0 bridgehead atoms. The van der Waals surface area contributed by atoms with Crippen LogP contribution in [0.3, 0.4) is 0 Å². The fourth-order valence-corrected chi connectivity index (χ4v) is 3.47. The van der Waals surface area contributed by atoms with E-state index >= 15 is 0 Å². The molecule has 0 spiro atoms. The molecule has 1 heterocycles. The van der Waals surface area contributed by atoms with Crippen molar-refractivity contribution in [2.24, 2.45) is 11.8 Å². The zero-order chi connectivity index (χ0) is 15.3. The smallest absolute Gasteiger partial charge is 0.317 e. The van der Waals surface area contributed by atoms with Crippen molar-refractivity contribution in [1.82, 2.24) is 10.2 Å². The largest absolute Gasteiger partial charge is 0.481 e. The zero-order valence-corrected chi connectivity index (χ0v) is 13.6. The minimum Gasteiger partial charge on any atom is -0.481 e. The van der Waals surface area contributed by atoms with Crippen molar-refractivity contribution >= 4 is 23.8 Å². The number of amides is 2. The van der Waals surface area contributed by atoms with Crippen LogP contribution in [0.15, 0.2) is 0 Å². The Morgan fingerprint density at radius 1 is 1.40 bits per heavy atom. The van der Waals surface area contributed by atoms with Gasteiger partial charge in [0.2, 0.25) is 0 Å². The Hall–Kier alpha value is -0.910. The second kappa shape index (κ2) is 7.76. The molecule has 116 valence electrons. The molecule has 5 nitrogen and oxygen atoms in total. The monoisotopic (exact) mass is 302 g/mol. The van der Waals surface area contributed by atoms with Crippen molar-refractivity contribution in [3.05, 3.63) is 0 Å². The lowest BCUT2D eigenvalue weighted by Crippen LogP contribution is -2.52. The lowest BCUT2D eigenvalue weighted by atomic mass is 9.97. The molecule has 1 rings (SSSR count). The number of carboxylic acids is 1. The Bertz CT molecular complexity index is 349. The molecular weight excluding hydrogens is 276 g/mol. The summed E-state index contributed by atoms with van der Waals surface area (Å²) < 4.78 is 0. The average Bonchev–Trinajstić information content (AvgIpc) is 2.36. The molecule has 0 aliphatic carbocycles. The van der Waals surface area contributed by atoms with Crippen LogP contribution >= 0.6 is 11.8 Å². The highest BCUT2D eigenvalue weighted by Crippen LogP contribution is 2.24. The molecule has 1 fully saturated rings. The fraction of sp³-hybridized carbons (Fsp3) is 0.857. The van der Waals surface area contributed by atoms with Gasteiger partial charge in [0.05, 0.1) is 5.92 Å². The molecule has 1 saturated heterocycles. The topological polar surface area (TPSA) is 69.6 Å². The molecule has 1 aliphatic heterocycles. The van der Waals surface area contributed by atoms with Crippen LogP contribution in [0.4, 0.5) is 4.79 Å². The normalized spacial score (nSPS) is 24.6. The van der Waals surface area contributed by atoms with Gasteiger partial charge in [0, 0.05) is 30.1 Å². The molecule has 0 aromatic rings. The lowest BCUT2D eigenvalue weighted by Gasteiger charge is -2.37. The molecule has 3 atom stereocenters. The molecule has 0 aromatic carbocycles. The van der Waals surface area contributed by atoms with E-state index in [0.29, 0.717) is 17.6 Å². The maximum Gasteiger partial charge on any atom is 0.317 e. The van der Waals surface area contributed by atoms with Gasteiger partial charge in [-0.1, -0.05) is 20.8 Å². The molecule has 20 heavy (non-hydrogen) atoms. The summed E-state index contributed by atoms with van der Waals surface area (Å²) in [4.78, 5) is 25.2. The minimum absolute atomic E-state index is 0.139. The van der Waals surface area contributed by atoms with E-state index in [9.17, 15) is 14.7 Å². The Balaban J connectivity index is 2.50. The highest BCUT2D eigenvalue weighted by molar-refractivity contribution is 8.00. The first kappa shape index (κ1) is 17.1. The number of hydrogen-bond acceptors (Lipinski definition) is 3. The average molecular weight is 302 g/mol. The maximum atomic E-state index is 12.2. The first-order valence-corrected chi connectivity index (χ1v) is 8.26. The lowest BCUT2D eigenvalue weighted by molar-refractivity contribution is -0.142. The minimum atomic E-state index is -0.838. The Labute approximate surface area is 125 Å². The number of aliphatic carboxylic acids is 1. The third kappa shape index (κ3) is 4.89. The number of carbonyl (C=O) groups excluding carboxylic acids is 1. The van der Waals surface area contributed by atoms with Gasteiger partial charge in [-0.25, -0.2) is 4.79 Å². The summed E-state index contributed by atoms with van der Waals surface area (Å²) in [6.45, 7) is 9.07. The van der Waals surface area contributed by atoms with Gasteiger partial charge in [0.25, 0.3) is 0 Å². The number of thioether (sulfide) groups is 1. The van der Waals surface area contributed by atoms with Crippen LogP contribution in [-0.4, -0.2) is 52.1 Å². The van der Waals surface area contributed by atoms with E-state index in [1.54, 1.807) is 0 Å². The van der Waals surface area contributed by atoms with Crippen LogP contribution in [0.5, 0.6) is 0 Å². The van der Waals surface area contributed by atoms with Gasteiger partial charge >= 0.3 is 12.0 Å². The van der Waals surface area contributed by atoms with Crippen molar-refractivity contribution in [3.63, 3.8) is 0 Å². The van der Waals surface area contributed by atoms with Gasteiger partial charge in [0.1, 0.15) is 0 Å². The summed E-state index contributed by atoms with van der Waals surface area (Å²) in [6, 6.07) is 0.0433. The van der Waals surface area contributed by atoms with Crippen LogP contribution < -0.4 is 5.32 Å². The van der Waals surface area contributed by atoms with Gasteiger partial charge < -0.3 is 15.3 Å². The van der Waals surface area contributed by atoms with Crippen molar-refractivity contribution in [2.75, 3.05) is 18.8 Å². The number of carbonyl (C=O) groups is 2. The SMILES string of the molecule is CC(C)CC(CNC(=O)N1CCSC(C)C1C)C(=O)O. The molecule has 0 aromatic heterocycles. The number of hydrogen-bond donors (Lipinski definition) is 2. The molecular formula is C14H26N2O3S. The Morgan fingerprint density at radius 3 is 2.60 bits per heavy atom. The first-order valence-electron chi connectivity index (χ1n) is 7.21. The Morgan fingerprint density at radius 2 is 2.05 bits per heavy atom. The Kier molecular flexibility index (Phi) is 6.65. The van der Waals surface area contributed by atoms with Gasteiger partial charge in [-0.15, -0.1) is 0 Å². The highest BCUT2D eigenvalue weighted by atomic mass is 32.2. The molecule has 0 saturated carbocycles. The maximum absolute atomic E-state index is 12.2. The predicted octanol–water partition coefficient (Wildman–Crippen LogP) is 2.27. The van der Waals surface area contributed by atoms with E-state index in [2.05, 4.69) is 12.2 Å². The molecule has 2 amide bonds. The number of rotatable bonds is 5. The van der Waals surface area contributed by atoms with Crippen molar-refractivity contribution in [1.29, 1.82) is 0 Å². The highest BCUT2D eigenvalue weighted by Gasteiger charge is 2.29. The summed E-state index contributed by atoms with van der Waals surface area (Å²) in [6.07, 6.45) is 0.581. The number of carboxylic acid groups (broad SMARTS) is 1. The van der Waals surface area contributed by atoms with Crippen LogP contribution in [0.1, 0.15) is 34.1 Å². The number of urea groups is 1. The van der Waals surface area contributed by atoms with Crippen LogP contribution in [0.25, 0.3) is 0 Å². The number of nitrogens with one attached hydrogen (secondary N) is 1. The van der Waals surface area contributed by atoms with Crippen LogP contribution in [0.2, 0.25) is 0 Å². The van der Waals surface area contributed by atoms with Gasteiger partial charge in [0.15, 0.2) is 0 Å². The van der Waals surface area contributed by atoms with E-state index in [-0.39, 0.29) is 18.6 Å². The zero-order valence-electron chi connectivity index (χ0n) is 12.8. The molecule has 2 N–H and O–H groups in total. The summed E-state index contributed by atoms with van der Waals surface area (Å²) in [5.41, 5.74) is 0. The molecule has 0 radical (unpaired) electrons. The van der Waals surface area contributed by atoms with E-state index in [1.165, 1.54) is 0 Å². The van der Waals surface area contributed by atoms with Crippen molar-refractivity contribution in [2.45, 2.75) is 45.4 Å². The summed E-state index contributed by atoms with van der Waals surface area (Å²) >= 11 is 1.87. The molecule has 6 heteroatoms. The third-order valence-corrected chi connectivity index (χ3v) is 5.09. The van der Waals surface area contributed by atoms with Crippen LogP contribution in [-0.2, 0) is 4.79 Å². The van der Waals surface area contributed by atoms with Gasteiger partial charge in [-0.05, 0) is 19.3 Å². The predicted molar refractivity (Wildman–Crippen MR) is 82.1 cm³/mol. The second-order valence-electron chi connectivity index (χ2n) is 5.86. The third-order valence-electron chi connectivity index (χ3n) is 3.75. The number of nitrogens with zero attached hydrogens (tertiary/aromatic N) is 1. The molecule has 1 aliphatic rings. The first-order chi connectivity index (χ1) is 9.32. The van der Waals surface area contributed by atoms with Gasteiger partial charge in [-0.3, -0.25) is 4.79 Å². The van der Waals surface area contributed by atoms with E-state index in [4.69, 9.17) is 0 Å². The van der Waals surface area contributed by atoms with Crippen molar-refractivity contribution < 1.29 is 14.7 Å². The van der Waals surface area contributed by atoms with Crippen LogP contribution in [0, 0.1) is 11.8 Å². The summed E-state index contributed by atoms with van der Waals surface area (Å²) in [5.74, 6) is -0.105. The van der Waals surface area contributed by atoms with E-state index < -0.39 is 11.9 Å². The quantitative estimate of drug-likeness (QED) is 0.817. The standard InChI is InChI=1S/C14H26N2O3S/c1-9(2)7-12(13(17)18)8-15-14(19)16-5-6-20-11(4)10(16)3/h9-12H,5-8H2,1-4H3,(H,15,19)(H,17,18). The van der Waals surface area contributed by atoms with Gasteiger partial charge in [-0.2, -0.15) is 11.8 Å². The van der Waals surface area contributed by atoms with Crippen molar-refractivity contribution in [3.8, 4) is 0 Å². The molecule has 3 unspecified atom stereocenters. The summed E-state index contributed by atoms with van der Waals surface area (Å²) in [5, 5.41) is 12.4. The van der Waals surface area contributed by atoms with E-state index in [1.807, 2.05) is 37.4 Å². The fourth-order valence-electron chi connectivity index (χ4n) is 2.37. The second-order valence-corrected chi connectivity index (χ2v) is 7.35. The van der Waals surface area contributed by atoms with E-state index in [0.717, 1.165) is 12.3 Å². The summed E-state index contributed by atoms with van der Waals surface area (Å²) in [7, 11) is 0.